The van der Waals surface area contributed by atoms with E-state index in [0.29, 0.717) is 17.5 Å². The first-order valence-corrected chi connectivity index (χ1v) is 15.3. The average Bonchev–Trinajstić information content (AvgIpc) is 3.04. The third kappa shape index (κ3) is 6.38. The molecule has 0 spiro atoms. The second-order valence-electron chi connectivity index (χ2n) is 13.5. The van der Waals surface area contributed by atoms with Gasteiger partial charge in [0.2, 0.25) is 0 Å². The Morgan fingerprint density at radius 2 is 0.545 bits per heavy atom. The highest BCUT2D eigenvalue weighted by atomic mass is 15.0. The van der Waals surface area contributed by atoms with E-state index >= 15 is 0 Å². The van der Waals surface area contributed by atoms with Crippen molar-refractivity contribution >= 4 is 0 Å². The summed E-state index contributed by atoms with van der Waals surface area (Å²) < 4.78 is 0. The number of aromatic nitrogens is 3. The van der Waals surface area contributed by atoms with Gasteiger partial charge in [0.05, 0.1) is 0 Å². The minimum absolute atomic E-state index is 0.0758. The monoisotopic (exact) mass is 573 g/mol. The summed E-state index contributed by atoms with van der Waals surface area (Å²) in [6, 6.07) is 44.9. The molecule has 0 unspecified atom stereocenters. The van der Waals surface area contributed by atoms with Crippen molar-refractivity contribution in [3.8, 4) is 56.4 Å². The second-order valence-corrected chi connectivity index (χ2v) is 13.5. The van der Waals surface area contributed by atoms with Gasteiger partial charge in [-0.05, 0) is 44.2 Å². The van der Waals surface area contributed by atoms with Gasteiger partial charge in [0.15, 0.2) is 17.5 Å². The lowest BCUT2D eigenvalue weighted by molar-refractivity contribution is 0.590. The maximum absolute atomic E-state index is 4.97. The normalized spacial score (nSPS) is 11.9. The molecule has 0 aliphatic heterocycles. The quantitative estimate of drug-likeness (QED) is 0.206. The Bertz CT molecular complexity index is 1780. The van der Waals surface area contributed by atoms with Crippen LogP contribution in [0.5, 0.6) is 0 Å². The third-order valence-electron chi connectivity index (χ3n) is 8.12. The molecule has 0 atom stereocenters. The van der Waals surface area contributed by atoms with Gasteiger partial charge in [-0.2, -0.15) is 0 Å². The highest BCUT2D eigenvalue weighted by molar-refractivity contribution is 5.73. The van der Waals surface area contributed by atoms with Crippen molar-refractivity contribution in [2.45, 2.75) is 52.4 Å². The zero-order valence-electron chi connectivity index (χ0n) is 26.5. The van der Waals surface area contributed by atoms with Crippen LogP contribution in [0.1, 0.15) is 52.7 Å². The highest BCUT2D eigenvalue weighted by Gasteiger charge is 2.17. The van der Waals surface area contributed by atoms with Crippen molar-refractivity contribution < 1.29 is 0 Å². The van der Waals surface area contributed by atoms with Crippen molar-refractivity contribution in [3.63, 3.8) is 0 Å². The third-order valence-corrected chi connectivity index (χ3v) is 8.12. The van der Waals surface area contributed by atoms with Crippen molar-refractivity contribution in [3.05, 3.63) is 139 Å². The van der Waals surface area contributed by atoms with Gasteiger partial charge in [0.25, 0.3) is 0 Å². The lowest BCUT2D eigenvalue weighted by Crippen LogP contribution is -2.10. The largest absolute Gasteiger partial charge is 0.208 e. The SMILES string of the molecule is CC(C)(C)c1ccc(-c2nc(-c3ccc(-c4ccc(-c5ccccc5)cc4)cc3)nc(-c3ccc(C(C)(C)C)cc3)n2)cc1. The molecule has 0 bridgehead atoms. The van der Waals surface area contributed by atoms with Crippen LogP contribution in [-0.2, 0) is 10.8 Å². The zero-order valence-corrected chi connectivity index (χ0v) is 26.5. The van der Waals surface area contributed by atoms with E-state index in [1.54, 1.807) is 0 Å². The molecule has 6 aromatic rings. The maximum atomic E-state index is 4.97. The summed E-state index contributed by atoms with van der Waals surface area (Å²) in [5.74, 6) is 2.01. The lowest BCUT2D eigenvalue weighted by Gasteiger charge is -2.19. The summed E-state index contributed by atoms with van der Waals surface area (Å²) >= 11 is 0. The van der Waals surface area contributed by atoms with Crippen molar-refractivity contribution in [2.75, 3.05) is 0 Å². The van der Waals surface area contributed by atoms with E-state index in [1.165, 1.54) is 27.8 Å². The van der Waals surface area contributed by atoms with Gasteiger partial charge in [-0.3, -0.25) is 0 Å². The Morgan fingerprint density at radius 1 is 0.295 bits per heavy atom. The molecule has 5 aromatic carbocycles. The predicted octanol–water partition coefficient (Wildman–Crippen LogP) is 10.8. The molecule has 0 aliphatic rings. The lowest BCUT2D eigenvalue weighted by atomic mass is 9.86. The minimum atomic E-state index is 0.0758. The number of benzene rings is 5. The fraction of sp³-hybridized carbons (Fsp3) is 0.195. The van der Waals surface area contributed by atoms with E-state index in [9.17, 15) is 0 Å². The smallest absolute Gasteiger partial charge is 0.164 e. The van der Waals surface area contributed by atoms with Crippen LogP contribution in [0.25, 0.3) is 56.4 Å². The van der Waals surface area contributed by atoms with E-state index in [4.69, 9.17) is 15.0 Å². The van der Waals surface area contributed by atoms with Crippen molar-refractivity contribution in [2.24, 2.45) is 0 Å². The molecule has 1 aromatic heterocycles. The van der Waals surface area contributed by atoms with Crippen molar-refractivity contribution in [1.82, 2.24) is 15.0 Å². The van der Waals surface area contributed by atoms with E-state index in [-0.39, 0.29) is 10.8 Å². The van der Waals surface area contributed by atoms with Crippen LogP contribution >= 0.6 is 0 Å². The molecule has 0 aliphatic carbocycles. The molecule has 0 radical (unpaired) electrons. The number of nitrogens with zero attached hydrogens (tertiary/aromatic N) is 3. The molecule has 6 rings (SSSR count). The van der Waals surface area contributed by atoms with E-state index in [1.807, 2.05) is 6.07 Å². The molecule has 0 saturated heterocycles. The number of rotatable bonds is 5. The van der Waals surface area contributed by atoms with Gasteiger partial charge in [-0.25, -0.2) is 15.0 Å². The van der Waals surface area contributed by atoms with Crippen LogP contribution in [0.3, 0.4) is 0 Å². The van der Waals surface area contributed by atoms with E-state index < -0.39 is 0 Å². The van der Waals surface area contributed by atoms with Gasteiger partial charge in [-0.15, -0.1) is 0 Å². The van der Waals surface area contributed by atoms with Gasteiger partial charge in [0, 0.05) is 16.7 Å². The Labute approximate surface area is 261 Å². The summed E-state index contributed by atoms with van der Waals surface area (Å²) in [5, 5.41) is 0. The Morgan fingerprint density at radius 3 is 0.841 bits per heavy atom. The Hall–Kier alpha value is -4.89. The summed E-state index contributed by atoms with van der Waals surface area (Å²) in [5.41, 5.74) is 10.4. The van der Waals surface area contributed by atoms with Crippen LogP contribution in [0.2, 0.25) is 0 Å². The molecule has 3 heteroatoms. The van der Waals surface area contributed by atoms with Crippen LogP contribution < -0.4 is 0 Å². The Balaban J connectivity index is 1.36. The van der Waals surface area contributed by atoms with Crippen LogP contribution in [0.15, 0.2) is 127 Å². The number of hydrogen-bond acceptors (Lipinski definition) is 3. The maximum Gasteiger partial charge on any atom is 0.164 e. The molecular formula is C41H39N3. The molecule has 44 heavy (non-hydrogen) atoms. The van der Waals surface area contributed by atoms with Gasteiger partial charge in [-0.1, -0.05) is 169 Å². The first kappa shape index (κ1) is 29.2. The van der Waals surface area contributed by atoms with Crippen LogP contribution in [0.4, 0.5) is 0 Å². The average molecular weight is 574 g/mol. The summed E-state index contributed by atoms with van der Waals surface area (Å²) in [4.78, 5) is 14.9. The summed E-state index contributed by atoms with van der Waals surface area (Å²) in [6.07, 6.45) is 0. The van der Waals surface area contributed by atoms with Gasteiger partial charge < -0.3 is 0 Å². The zero-order chi connectivity index (χ0) is 30.9. The van der Waals surface area contributed by atoms with Gasteiger partial charge in [0.1, 0.15) is 0 Å². The van der Waals surface area contributed by atoms with E-state index in [0.717, 1.165) is 22.3 Å². The Kier molecular flexibility index (Phi) is 7.73. The highest BCUT2D eigenvalue weighted by Crippen LogP contribution is 2.31. The number of hydrogen-bond donors (Lipinski definition) is 0. The fourth-order valence-corrected chi connectivity index (χ4v) is 5.30. The molecule has 218 valence electrons. The molecule has 3 nitrogen and oxygen atoms in total. The van der Waals surface area contributed by atoms with Crippen molar-refractivity contribution in [1.29, 1.82) is 0 Å². The standard InChI is InChI=1S/C41H39N3/c1-40(2,3)35-24-20-33(21-25-35)38-42-37(43-39(44-38)34-22-26-36(27-23-34)41(4,5)6)32-18-16-31(17-19-32)30-14-12-29(13-15-30)28-10-8-7-9-11-28/h7-27H,1-6H3. The van der Waals surface area contributed by atoms with Gasteiger partial charge >= 0.3 is 0 Å². The summed E-state index contributed by atoms with van der Waals surface area (Å²) in [6.45, 7) is 13.4. The fourth-order valence-electron chi connectivity index (χ4n) is 5.30. The predicted molar refractivity (Wildman–Crippen MR) is 184 cm³/mol. The first-order valence-electron chi connectivity index (χ1n) is 15.3. The molecule has 0 amide bonds. The first-order chi connectivity index (χ1) is 21.0. The van der Waals surface area contributed by atoms with E-state index in [2.05, 4.69) is 163 Å². The van der Waals surface area contributed by atoms with Crippen LogP contribution in [0, 0.1) is 0 Å². The molecule has 0 saturated carbocycles. The van der Waals surface area contributed by atoms with Crippen LogP contribution in [-0.4, -0.2) is 15.0 Å². The molecular weight excluding hydrogens is 534 g/mol. The summed E-state index contributed by atoms with van der Waals surface area (Å²) in [7, 11) is 0. The second kappa shape index (κ2) is 11.7. The minimum Gasteiger partial charge on any atom is -0.208 e. The topological polar surface area (TPSA) is 38.7 Å². The molecule has 0 fully saturated rings. The molecule has 0 N–H and O–H groups in total. The molecule has 1 heterocycles.